The van der Waals surface area contributed by atoms with Gasteiger partial charge in [-0.1, -0.05) is 50.6 Å². The van der Waals surface area contributed by atoms with Crippen LogP contribution in [0.1, 0.15) is 32.1 Å². The van der Waals surface area contributed by atoms with Crippen molar-refractivity contribution < 1.29 is 33.7 Å². The summed E-state index contributed by atoms with van der Waals surface area (Å²) < 4.78 is 25.0. The van der Waals surface area contributed by atoms with Crippen LogP contribution in [-0.2, 0) is 25.5 Å². The summed E-state index contributed by atoms with van der Waals surface area (Å²) in [6.07, 6.45) is -4.77. The lowest BCUT2D eigenvalue weighted by Gasteiger charge is -2.25. The first-order valence-electron chi connectivity index (χ1n) is 11.8. The van der Waals surface area contributed by atoms with Gasteiger partial charge in [-0.05, 0) is 17.9 Å². The maximum absolute atomic E-state index is 13.7. The van der Waals surface area contributed by atoms with Crippen molar-refractivity contribution in [3.8, 4) is 0 Å². The minimum absolute atomic E-state index is 0. The highest BCUT2D eigenvalue weighted by Crippen LogP contribution is 2.28. The molecule has 1 saturated heterocycles. The lowest BCUT2D eigenvalue weighted by atomic mass is 9.98. The maximum Gasteiger partial charge on any atom is 0.330 e. The zero-order valence-corrected chi connectivity index (χ0v) is 21.6. The second-order valence-electron chi connectivity index (χ2n) is 8.99. The average molecular weight is 559 g/mol. The highest BCUT2D eigenvalue weighted by Gasteiger charge is 2.45. The molecule has 2 aromatic rings. The molecular formula is C24H32ClFN4O8. The fourth-order valence-corrected chi connectivity index (χ4v) is 3.89. The first-order valence-corrected chi connectivity index (χ1v) is 11.8. The second-order valence-corrected chi connectivity index (χ2v) is 8.99. The van der Waals surface area contributed by atoms with Crippen LogP contribution in [0.4, 0.5) is 4.39 Å². The van der Waals surface area contributed by atoms with Gasteiger partial charge in [-0.15, -0.1) is 12.4 Å². The number of benzene rings is 1. The van der Waals surface area contributed by atoms with Crippen LogP contribution in [0.2, 0.25) is 0 Å². The molecule has 0 spiro atoms. The number of aromatic nitrogens is 2. The lowest BCUT2D eigenvalue weighted by molar-refractivity contribution is -0.155. The van der Waals surface area contributed by atoms with Crippen molar-refractivity contribution in [1.29, 1.82) is 0 Å². The van der Waals surface area contributed by atoms with Crippen molar-refractivity contribution in [3.05, 3.63) is 68.7 Å². The Kier molecular flexibility index (Phi) is 11.2. The number of H-pyrrole nitrogens is 1. The normalized spacial score (nSPS) is 23.1. The SMILES string of the molecule is CC[C@H](C)[C@H](NC(=O)[C@@H](N)Cc1ccccc1)C(=O)OC[C@H]1O[C@@H](n2cc(F)c(=O)[nH]c2=O)[C@H](O)[C@@H]1O.Cl. The summed E-state index contributed by atoms with van der Waals surface area (Å²) in [5.41, 5.74) is 4.57. The van der Waals surface area contributed by atoms with E-state index in [0.29, 0.717) is 17.2 Å². The molecule has 1 aromatic carbocycles. The third kappa shape index (κ3) is 7.26. The third-order valence-electron chi connectivity index (χ3n) is 6.33. The highest BCUT2D eigenvalue weighted by molar-refractivity contribution is 5.87. The molecule has 1 aliphatic rings. The predicted octanol–water partition coefficient (Wildman–Crippen LogP) is -0.639. The molecule has 1 aliphatic heterocycles. The number of carbonyl (C=O) groups is 2. The summed E-state index contributed by atoms with van der Waals surface area (Å²) >= 11 is 0. The molecule has 210 valence electrons. The molecule has 38 heavy (non-hydrogen) atoms. The fourth-order valence-electron chi connectivity index (χ4n) is 3.89. The van der Waals surface area contributed by atoms with Crippen molar-refractivity contribution in [3.63, 3.8) is 0 Å². The van der Waals surface area contributed by atoms with Gasteiger partial charge in [-0.3, -0.25) is 19.1 Å². The number of amides is 1. The maximum atomic E-state index is 13.7. The Morgan fingerprint density at radius 3 is 2.53 bits per heavy atom. The number of aliphatic hydroxyl groups excluding tert-OH is 2. The largest absolute Gasteiger partial charge is 0.461 e. The Labute approximate surface area is 223 Å². The van der Waals surface area contributed by atoms with E-state index in [2.05, 4.69) is 5.32 Å². The lowest BCUT2D eigenvalue weighted by Crippen LogP contribution is -2.52. The Hall–Kier alpha value is -3.10. The minimum atomic E-state index is -1.69. The smallest absolute Gasteiger partial charge is 0.330 e. The van der Waals surface area contributed by atoms with Crippen LogP contribution in [0.5, 0.6) is 0 Å². The van der Waals surface area contributed by atoms with E-state index in [0.717, 1.165) is 5.56 Å². The molecule has 14 heteroatoms. The Morgan fingerprint density at radius 2 is 1.89 bits per heavy atom. The Bertz CT molecular complexity index is 1210. The van der Waals surface area contributed by atoms with Gasteiger partial charge >= 0.3 is 11.7 Å². The van der Waals surface area contributed by atoms with E-state index in [9.17, 15) is 33.8 Å². The number of aromatic amines is 1. The molecule has 3 rings (SSSR count). The molecular weight excluding hydrogens is 527 g/mol. The topological polar surface area (TPSA) is 186 Å². The summed E-state index contributed by atoms with van der Waals surface area (Å²) in [5.74, 6) is -2.97. The average Bonchev–Trinajstić information content (AvgIpc) is 3.16. The minimum Gasteiger partial charge on any atom is -0.461 e. The standard InChI is InChI=1S/C24H31FN4O8.ClH/c1-3-12(2)17(27-21(33)15(26)9-13-7-5-4-6-8-13)23(34)36-11-16-18(30)19(31)22(37-16)29-10-14(25)20(32)28-24(29)35;/h4-8,10,12,15-19,22,30-31H,3,9,11,26H2,1-2H3,(H,27,33)(H,28,32,35);1H/t12-,15-,16+,17-,18+,19+,22+;/m0./s1. The first-order chi connectivity index (χ1) is 17.5. The Balaban J connectivity index is 0.00000507. The van der Waals surface area contributed by atoms with Crippen LogP contribution in [0.3, 0.4) is 0 Å². The van der Waals surface area contributed by atoms with Gasteiger partial charge in [-0.25, -0.2) is 9.59 Å². The summed E-state index contributed by atoms with van der Waals surface area (Å²) in [4.78, 5) is 50.6. The number of aliphatic hydroxyl groups is 2. The number of halogens is 2. The van der Waals surface area contributed by atoms with E-state index in [4.69, 9.17) is 15.2 Å². The summed E-state index contributed by atoms with van der Waals surface area (Å²) in [5, 5.41) is 23.3. The van der Waals surface area contributed by atoms with E-state index in [1.165, 1.54) is 0 Å². The van der Waals surface area contributed by atoms with Crippen LogP contribution < -0.4 is 22.3 Å². The van der Waals surface area contributed by atoms with Crippen LogP contribution in [0, 0.1) is 11.7 Å². The van der Waals surface area contributed by atoms with Crippen molar-refractivity contribution in [2.45, 2.75) is 63.3 Å². The van der Waals surface area contributed by atoms with E-state index in [1.807, 2.05) is 37.3 Å². The van der Waals surface area contributed by atoms with Crippen molar-refractivity contribution in [2.75, 3.05) is 6.61 Å². The quantitative estimate of drug-likeness (QED) is 0.236. The van der Waals surface area contributed by atoms with E-state index in [1.54, 1.807) is 11.9 Å². The third-order valence-corrected chi connectivity index (χ3v) is 6.33. The van der Waals surface area contributed by atoms with E-state index in [-0.39, 0.29) is 24.7 Å². The molecule has 7 atom stereocenters. The van der Waals surface area contributed by atoms with Crippen molar-refractivity contribution in [1.82, 2.24) is 14.9 Å². The molecule has 1 amide bonds. The second kappa shape index (κ2) is 13.6. The number of rotatable bonds is 10. The number of nitrogens with two attached hydrogens (primary N) is 1. The monoisotopic (exact) mass is 558 g/mol. The van der Waals surface area contributed by atoms with Gasteiger partial charge in [0.15, 0.2) is 6.23 Å². The van der Waals surface area contributed by atoms with Gasteiger partial charge < -0.3 is 30.7 Å². The number of carbonyl (C=O) groups excluding carboxylic acids is 2. The molecule has 6 N–H and O–H groups in total. The first kappa shape index (κ1) is 31.1. The van der Waals surface area contributed by atoms with Gasteiger partial charge in [-0.2, -0.15) is 4.39 Å². The molecule has 0 radical (unpaired) electrons. The van der Waals surface area contributed by atoms with Crippen molar-refractivity contribution >= 4 is 24.3 Å². The van der Waals surface area contributed by atoms with Gasteiger partial charge in [0.05, 0.1) is 12.2 Å². The number of esters is 1. The number of nitrogens with zero attached hydrogens (tertiary/aromatic N) is 1. The fraction of sp³-hybridized carbons (Fsp3) is 0.500. The molecule has 0 saturated carbocycles. The summed E-state index contributed by atoms with van der Waals surface area (Å²) in [6, 6.07) is 7.19. The molecule has 0 aliphatic carbocycles. The van der Waals surface area contributed by atoms with Crippen LogP contribution >= 0.6 is 12.4 Å². The molecule has 1 aromatic heterocycles. The number of hydrogen-bond donors (Lipinski definition) is 5. The molecule has 12 nitrogen and oxygen atoms in total. The summed E-state index contributed by atoms with van der Waals surface area (Å²) in [7, 11) is 0. The number of ether oxygens (including phenoxy) is 2. The summed E-state index contributed by atoms with van der Waals surface area (Å²) in [6.45, 7) is 3.03. The number of hydrogen-bond acceptors (Lipinski definition) is 9. The van der Waals surface area contributed by atoms with Gasteiger partial charge in [0, 0.05) is 0 Å². The zero-order chi connectivity index (χ0) is 27.3. The zero-order valence-electron chi connectivity index (χ0n) is 20.8. The van der Waals surface area contributed by atoms with Crippen molar-refractivity contribution in [2.24, 2.45) is 11.7 Å². The number of nitrogens with one attached hydrogen (secondary N) is 2. The van der Waals surface area contributed by atoms with Gasteiger partial charge in [0.25, 0.3) is 5.56 Å². The van der Waals surface area contributed by atoms with E-state index < -0.39 is 72.2 Å². The predicted molar refractivity (Wildman–Crippen MR) is 135 cm³/mol. The molecule has 1 fully saturated rings. The van der Waals surface area contributed by atoms with E-state index >= 15 is 0 Å². The van der Waals surface area contributed by atoms with Gasteiger partial charge in [0.2, 0.25) is 11.7 Å². The van der Waals surface area contributed by atoms with Crippen LogP contribution in [0.25, 0.3) is 0 Å². The molecule has 2 heterocycles. The molecule has 0 bridgehead atoms. The van der Waals surface area contributed by atoms with Gasteiger partial charge in [0.1, 0.15) is 31.0 Å². The highest BCUT2D eigenvalue weighted by atomic mass is 35.5. The Morgan fingerprint density at radius 1 is 1.24 bits per heavy atom. The molecule has 0 unspecified atom stereocenters. The van der Waals surface area contributed by atoms with Crippen LogP contribution in [0.15, 0.2) is 46.1 Å². The van der Waals surface area contributed by atoms with Crippen LogP contribution in [-0.4, -0.2) is 68.6 Å².